The van der Waals surface area contributed by atoms with Gasteiger partial charge in [-0.1, -0.05) is 11.6 Å². The lowest BCUT2D eigenvalue weighted by Gasteiger charge is -2.37. The molecule has 5 nitrogen and oxygen atoms in total. The van der Waals surface area contributed by atoms with Gasteiger partial charge in [0.05, 0.1) is 4.34 Å². The van der Waals surface area contributed by atoms with Crippen LogP contribution in [0.25, 0.3) is 0 Å². The van der Waals surface area contributed by atoms with Gasteiger partial charge in [0.1, 0.15) is 4.21 Å². The molecule has 0 spiro atoms. The van der Waals surface area contributed by atoms with Crippen molar-refractivity contribution in [2.24, 2.45) is 5.92 Å². The quantitative estimate of drug-likeness (QED) is 0.907. The molecule has 0 amide bonds. The van der Waals surface area contributed by atoms with Crippen molar-refractivity contribution in [3.05, 3.63) is 16.5 Å². The highest BCUT2D eigenvalue weighted by atomic mass is 35.5. The molecule has 2 unspecified atom stereocenters. The fourth-order valence-electron chi connectivity index (χ4n) is 3.59. The van der Waals surface area contributed by atoms with Crippen molar-refractivity contribution < 1.29 is 18.3 Å². The zero-order valence-electron chi connectivity index (χ0n) is 11.2. The number of aliphatic carboxylic acids is 1. The average molecular weight is 350 g/mol. The molecule has 2 fully saturated rings. The standard InChI is InChI=1S/C13H16ClNO4S2/c14-11-3-4-13(20-11)21(18,19)15-9-1-2-10(15)6-8(5-9)7-12(16)17/h3-4,8-10H,1-2,5-7H2,(H,16,17). The molecule has 0 aromatic carbocycles. The first-order chi connectivity index (χ1) is 9.88. The second-order valence-electron chi connectivity index (χ2n) is 5.71. The molecule has 0 aliphatic carbocycles. The Hall–Kier alpha value is -0.630. The van der Waals surface area contributed by atoms with Crippen LogP contribution >= 0.6 is 22.9 Å². The molecule has 1 aromatic heterocycles. The molecule has 21 heavy (non-hydrogen) atoms. The van der Waals surface area contributed by atoms with Crippen LogP contribution in [0.4, 0.5) is 0 Å². The number of nitrogens with zero attached hydrogens (tertiary/aromatic N) is 1. The predicted molar refractivity (Wildman–Crippen MR) is 80.1 cm³/mol. The molecule has 8 heteroatoms. The summed E-state index contributed by atoms with van der Waals surface area (Å²) in [5.74, 6) is -0.723. The van der Waals surface area contributed by atoms with Crippen LogP contribution in [0.3, 0.4) is 0 Å². The van der Waals surface area contributed by atoms with E-state index in [9.17, 15) is 13.2 Å². The number of piperidine rings is 1. The molecule has 0 saturated carbocycles. The van der Waals surface area contributed by atoms with Crippen LogP contribution in [0, 0.1) is 5.92 Å². The molecule has 2 aliphatic heterocycles. The molecule has 2 aliphatic rings. The van der Waals surface area contributed by atoms with Crippen LogP contribution in [0.15, 0.2) is 16.3 Å². The van der Waals surface area contributed by atoms with E-state index in [1.165, 1.54) is 0 Å². The van der Waals surface area contributed by atoms with E-state index in [1.54, 1.807) is 16.4 Å². The summed E-state index contributed by atoms with van der Waals surface area (Å²) in [4.78, 5) is 10.9. The SMILES string of the molecule is O=C(O)CC1CC2CCC(C1)N2S(=O)(=O)c1ccc(Cl)s1. The smallest absolute Gasteiger partial charge is 0.303 e. The van der Waals surface area contributed by atoms with Gasteiger partial charge in [-0.3, -0.25) is 4.79 Å². The van der Waals surface area contributed by atoms with Crippen molar-refractivity contribution in [2.75, 3.05) is 0 Å². The maximum atomic E-state index is 12.8. The van der Waals surface area contributed by atoms with E-state index in [-0.39, 0.29) is 28.6 Å². The van der Waals surface area contributed by atoms with Crippen LogP contribution < -0.4 is 0 Å². The number of hydrogen-bond acceptors (Lipinski definition) is 4. The summed E-state index contributed by atoms with van der Waals surface area (Å²) < 4.78 is 27.8. The third-order valence-electron chi connectivity index (χ3n) is 4.31. The number of fused-ring (bicyclic) bond motifs is 2. The van der Waals surface area contributed by atoms with Gasteiger partial charge in [0.15, 0.2) is 0 Å². The Morgan fingerprint density at radius 3 is 2.43 bits per heavy atom. The van der Waals surface area contributed by atoms with Gasteiger partial charge in [0.2, 0.25) is 0 Å². The zero-order chi connectivity index (χ0) is 15.2. The van der Waals surface area contributed by atoms with E-state index in [0.29, 0.717) is 17.2 Å². The van der Waals surface area contributed by atoms with Crippen LogP contribution in [0.5, 0.6) is 0 Å². The molecule has 1 N–H and O–H groups in total. The Kier molecular flexibility index (Phi) is 4.02. The molecular weight excluding hydrogens is 334 g/mol. The maximum Gasteiger partial charge on any atom is 0.303 e. The van der Waals surface area contributed by atoms with E-state index in [0.717, 1.165) is 24.2 Å². The minimum atomic E-state index is -3.51. The van der Waals surface area contributed by atoms with E-state index in [1.807, 2.05) is 0 Å². The maximum absolute atomic E-state index is 12.8. The molecular formula is C13H16ClNO4S2. The number of thiophene rings is 1. The van der Waals surface area contributed by atoms with Gasteiger partial charge < -0.3 is 5.11 Å². The van der Waals surface area contributed by atoms with Gasteiger partial charge in [-0.2, -0.15) is 4.31 Å². The number of sulfonamides is 1. The summed E-state index contributed by atoms with van der Waals surface area (Å²) in [5.41, 5.74) is 0. The Bertz CT molecular complexity index is 643. The van der Waals surface area contributed by atoms with Crippen LogP contribution in [0.2, 0.25) is 4.34 Å². The lowest BCUT2D eigenvalue weighted by molar-refractivity contribution is -0.138. The van der Waals surface area contributed by atoms with Crippen molar-refractivity contribution in [1.82, 2.24) is 4.31 Å². The molecule has 2 atom stereocenters. The minimum Gasteiger partial charge on any atom is -0.481 e. The predicted octanol–water partition coefficient (Wildman–Crippen LogP) is 2.81. The second kappa shape index (κ2) is 5.53. The van der Waals surface area contributed by atoms with Crippen molar-refractivity contribution >= 4 is 38.9 Å². The van der Waals surface area contributed by atoms with Gasteiger partial charge in [0.25, 0.3) is 10.0 Å². The normalized spacial score (nSPS) is 29.7. The minimum absolute atomic E-state index is 0.0704. The highest BCUT2D eigenvalue weighted by Crippen LogP contribution is 2.44. The van der Waals surface area contributed by atoms with Crippen molar-refractivity contribution in [3.8, 4) is 0 Å². The summed E-state index contributed by atoms with van der Waals surface area (Å²) in [6, 6.07) is 3.00. The Balaban J connectivity index is 1.83. The second-order valence-corrected chi connectivity index (χ2v) is 9.50. The number of hydrogen-bond donors (Lipinski definition) is 1. The van der Waals surface area contributed by atoms with Crippen LogP contribution in [-0.2, 0) is 14.8 Å². The van der Waals surface area contributed by atoms with E-state index in [4.69, 9.17) is 16.7 Å². The summed E-state index contributed by atoms with van der Waals surface area (Å²) in [6.07, 6.45) is 3.05. The zero-order valence-corrected chi connectivity index (χ0v) is 13.6. The number of carboxylic acids is 1. The van der Waals surface area contributed by atoms with Gasteiger partial charge in [-0.05, 0) is 43.7 Å². The average Bonchev–Trinajstić information content (AvgIpc) is 2.92. The Morgan fingerprint density at radius 2 is 1.95 bits per heavy atom. The number of carboxylic acid groups (broad SMARTS) is 1. The van der Waals surface area contributed by atoms with Crippen molar-refractivity contribution in [1.29, 1.82) is 0 Å². The van der Waals surface area contributed by atoms with Gasteiger partial charge in [0, 0.05) is 18.5 Å². The van der Waals surface area contributed by atoms with Gasteiger partial charge >= 0.3 is 5.97 Å². The largest absolute Gasteiger partial charge is 0.481 e. The highest BCUT2D eigenvalue weighted by molar-refractivity contribution is 7.91. The van der Waals surface area contributed by atoms with E-state index in [2.05, 4.69) is 0 Å². The third-order valence-corrected chi connectivity index (χ3v) is 8.01. The first-order valence-electron chi connectivity index (χ1n) is 6.88. The summed E-state index contributed by atoms with van der Waals surface area (Å²) in [6.45, 7) is 0. The summed E-state index contributed by atoms with van der Waals surface area (Å²) in [7, 11) is -3.51. The molecule has 3 rings (SSSR count). The highest BCUT2D eigenvalue weighted by Gasteiger charge is 2.47. The van der Waals surface area contributed by atoms with E-state index >= 15 is 0 Å². The first-order valence-corrected chi connectivity index (χ1v) is 9.52. The van der Waals surface area contributed by atoms with Crippen LogP contribution in [-0.4, -0.2) is 35.9 Å². The summed E-state index contributed by atoms with van der Waals surface area (Å²) in [5, 5.41) is 8.92. The summed E-state index contributed by atoms with van der Waals surface area (Å²) >= 11 is 6.92. The van der Waals surface area contributed by atoms with E-state index < -0.39 is 16.0 Å². The van der Waals surface area contributed by atoms with Gasteiger partial charge in [-0.25, -0.2) is 8.42 Å². The van der Waals surface area contributed by atoms with Crippen molar-refractivity contribution in [2.45, 2.75) is 48.4 Å². The molecule has 2 bridgehead atoms. The fraction of sp³-hybridized carbons (Fsp3) is 0.615. The lowest BCUT2D eigenvalue weighted by Crippen LogP contribution is -2.46. The lowest BCUT2D eigenvalue weighted by atomic mass is 9.90. The van der Waals surface area contributed by atoms with Gasteiger partial charge in [-0.15, -0.1) is 11.3 Å². The number of rotatable bonds is 4. The number of carbonyl (C=O) groups is 1. The Morgan fingerprint density at radius 1 is 1.33 bits per heavy atom. The van der Waals surface area contributed by atoms with Crippen molar-refractivity contribution in [3.63, 3.8) is 0 Å². The first kappa shape index (κ1) is 15.3. The molecule has 2 saturated heterocycles. The fourth-order valence-corrected chi connectivity index (χ4v) is 7.07. The molecule has 1 aromatic rings. The van der Waals surface area contributed by atoms with Crippen LogP contribution in [0.1, 0.15) is 32.1 Å². The molecule has 3 heterocycles. The third kappa shape index (κ3) is 2.84. The Labute approximate surface area is 132 Å². The molecule has 116 valence electrons. The number of halogens is 1. The monoisotopic (exact) mass is 349 g/mol. The molecule has 0 radical (unpaired) electrons. The topological polar surface area (TPSA) is 74.7 Å².